The lowest BCUT2D eigenvalue weighted by Crippen LogP contribution is -2.57. The molecule has 2 saturated carbocycles. The van der Waals surface area contributed by atoms with Gasteiger partial charge in [0, 0.05) is 35.9 Å². The molecule has 0 radical (unpaired) electrons. The maximum atomic E-state index is 14.4. The number of carbonyl (C=O) groups excluding carboxylic acids is 3. The number of benzene rings is 1. The third-order valence-corrected chi connectivity index (χ3v) is 12.8. The first-order valence-electron chi connectivity index (χ1n) is 18.2. The number of allylic oxidation sites excluding steroid dienone is 1. The molecule has 2 aromatic heterocycles. The lowest BCUT2D eigenvalue weighted by atomic mass is 9.95. The first-order chi connectivity index (χ1) is 25.9. The fourth-order valence-corrected chi connectivity index (χ4v) is 9.13. The molecule has 4 aliphatic rings. The highest BCUT2D eigenvalue weighted by molar-refractivity contribution is 7.91. The van der Waals surface area contributed by atoms with Gasteiger partial charge in [-0.3, -0.25) is 28.9 Å². The predicted octanol–water partition coefficient (Wildman–Crippen LogP) is 4.40. The van der Waals surface area contributed by atoms with Crippen LogP contribution in [0.5, 0.6) is 11.5 Å². The molecule has 2 aliphatic carbocycles. The summed E-state index contributed by atoms with van der Waals surface area (Å²) < 4.78 is 39.9. The molecule has 1 aromatic carbocycles. The van der Waals surface area contributed by atoms with Crippen molar-refractivity contribution in [3.63, 3.8) is 0 Å². The molecule has 0 bridgehead atoms. The number of halogens is 1. The number of nitrogens with zero attached hydrogens (tertiary/aromatic N) is 3. The number of amides is 3. The van der Waals surface area contributed by atoms with Crippen LogP contribution in [-0.4, -0.2) is 88.7 Å². The Balaban J connectivity index is 1.24. The summed E-state index contributed by atoms with van der Waals surface area (Å²) >= 11 is 6.74. The molecule has 3 amide bonds. The van der Waals surface area contributed by atoms with Crippen LogP contribution in [0.15, 0.2) is 54.7 Å². The van der Waals surface area contributed by atoms with E-state index in [2.05, 4.69) is 15.0 Å². The van der Waals surface area contributed by atoms with Crippen LogP contribution in [0.2, 0.25) is 5.02 Å². The van der Waals surface area contributed by atoms with E-state index in [1.54, 1.807) is 36.5 Å². The van der Waals surface area contributed by atoms with Gasteiger partial charge in [-0.2, -0.15) is 0 Å². The zero-order valence-electron chi connectivity index (χ0n) is 29.7. The van der Waals surface area contributed by atoms with Crippen molar-refractivity contribution >= 4 is 56.2 Å². The number of sulfonamides is 1. The summed E-state index contributed by atoms with van der Waals surface area (Å²) in [6.07, 6.45) is 8.46. The highest BCUT2D eigenvalue weighted by Crippen LogP contribution is 2.46. The van der Waals surface area contributed by atoms with Crippen LogP contribution in [0.3, 0.4) is 0 Å². The molecule has 14 nitrogen and oxygen atoms in total. The molecule has 286 valence electrons. The highest BCUT2D eigenvalue weighted by Gasteiger charge is 2.62. The van der Waals surface area contributed by atoms with E-state index >= 15 is 0 Å². The predicted molar refractivity (Wildman–Crippen MR) is 198 cm³/mol. The van der Waals surface area contributed by atoms with Crippen LogP contribution >= 0.6 is 11.6 Å². The zero-order valence-corrected chi connectivity index (χ0v) is 31.3. The zero-order chi connectivity index (χ0) is 38.2. The van der Waals surface area contributed by atoms with E-state index in [0.717, 1.165) is 12.8 Å². The normalized spacial score (nSPS) is 26.7. The van der Waals surface area contributed by atoms with Gasteiger partial charge in [-0.05, 0) is 62.8 Å². The van der Waals surface area contributed by atoms with Crippen molar-refractivity contribution in [1.82, 2.24) is 24.9 Å². The van der Waals surface area contributed by atoms with Gasteiger partial charge in [0.15, 0.2) is 0 Å². The van der Waals surface area contributed by atoms with E-state index in [-0.39, 0.29) is 24.4 Å². The SMILES string of the molecule is COc1ccc2c(O[C@@H]3C[C@H]4C(=O)N[C@]5(C(=O)NS(=O)(=O)C6CC6)C[C@@H]5/C=C\CCCCC[C@@H](CC(=O)O)C(=O)N4C3)cc(-c3ccccn3)nc2c1Cl. The summed E-state index contributed by atoms with van der Waals surface area (Å²) in [5.74, 6) is -3.68. The van der Waals surface area contributed by atoms with Crippen LogP contribution in [0, 0.1) is 11.8 Å². The molecular formula is C38H42ClN5O9S. The van der Waals surface area contributed by atoms with Crippen molar-refractivity contribution in [3.8, 4) is 22.9 Å². The number of aliphatic carboxylic acids is 1. The second-order valence-corrected chi connectivity index (χ2v) is 16.8. The number of methoxy groups -OCH3 is 1. The minimum atomic E-state index is -3.91. The maximum absolute atomic E-state index is 14.4. The topological polar surface area (TPSA) is 194 Å². The molecular weight excluding hydrogens is 738 g/mol. The summed E-state index contributed by atoms with van der Waals surface area (Å²) in [5.41, 5.74) is -0.135. The van der Waals surface area contributed by atoms with Crippen molar-refractivity contribution in [2.24, 2.45) is 11.8 Å². The maximum Gasteiger partial charge on any atom is 0.304 e. The van der Waals surface area contributed by atoms with Gasteiger partial charge in [0.25, 0.3) is 5.91 Å². The number of aromatic nitrogens is 2. The van der Waals surface area contributed by atoms with Gasteiger partial charge in [0.05, 0.1) is 42.2 Å². The molecule has 0 spiro atoms. The largest absolute Gasteiger partial charge is 0.495 e. The van der Waals surface area contributed by atoms with Crippen molar-refractivity contribution in [2.75, 3.05) is 13.7 Å². The quantitative estimate of drug-likeness (QED) is 0.261. The van der Waals surface area contributed by atoms with E-state index < -0.39 is 74.9 Å². The Hall–Kier alpha value is -4.76. The molecule has 3 aromatic rings. The van der Waals surface area contributed by atoms with E-state index in [0.29, 0.717) is 65.9 Å². The second-order valence-electron chi connectivity index (χ2n) is 14.5. The number of carbonyl (C=O) groups is 4. The number of fused-ring (bicyclic) bond motifs is 3. The van der Waals surface area contributed by atoms with Gasteiger partial charge in [-0.1, -0.05) is 42.7 Å². The first kappa shape index (κ1) is 37.6. The Bertz CT molecular complexity index is 2110. The molecule has 54 heavy (non-hydrogen) atoms. The third-order valence-electron chi connectivity index (χ3n) is 10.7. The average molecular weight is 780 g/mol. The molecule has 16 heteroatoms. The summed E-state index contributed by atoms with van der Waals surface area (Å²) in [6, 6.07) is 9.36. The van der Waals surface area contributed by atoms with Crippen molar-refractivity contribution in [2.45, 2.75) is 87.1 Å². The minimum absolute atomic E-state index is 0.00255. The van der Waals surface area contributed by atoms with E-state index in [9.17, 15) is 32.7 Å². The third kappa shape index (κ3) is 7.74. The van der Waals surface area contributed by atoms with Crippen LogP contribution in [0.1, 0.15) is 64.2 Å². The van der Waals surface area contributed by atoms with Crippen LogP contribution < -0.4 is 19.5 Å². The number of carboxylic acids is 1. The van der Waals surface area contributed by atoms with Gasteiger partial charge in [-0.25, -0.2) is 13.4 Å². The molecule has 2 aliphatic heterocycles. The fourth-order valence-electron chi connectivity index (χ4n) is 7.48. The van der Waals surface area contributed by atoms with Crippen molar-refractivity contribution in [3.05, 3.63) is 59.8 Å². The molecule has 0 unspecified atom stereocenters. The average Bonchev–Trinajstić information content (AvgIpc) is 4.07. The summed E-state index contributed by atoms with van der Waals surface area (Å²) in [4.78, 5) is 64.8. The Kier molecular flexibility index (Phi) is 10.5. The standard InChI is InChI=1S/C38H42ClN5O9S/c1-52-30-15-14-26-31(19-28(41-34(26)33(30)39)27-11-7-8-16-40-27)53-24-18-29-35(47)42-38(37(49)43-54(50,51)25-12-13-25)20-23(38)10-6-4-2-3-5-9-22(17-32(45)46)36(48)44(29)21-24/h6-8,10-11,14-16,19,22-25,29H,2-5,9,12-13,17-18,20-21H2,1H3,(H,42,47)(H,43,49)(H,45,46)/b10-6-/t22-,23-,24+,29-,38+/m0/s1. The lowest BCUT2D eigenvalue weighted by molar-refractivity contribution is -0.147. The van der Waals surface area contributed by atoms with Gasteiger partial charge < -0.3 is 24.8 Å². The molecule has 3 fully saturated rings. The highest BCUT2D eigenvalue weighted by atomic mass is 35.5. The molecule has 1 saturated heterocycles. The van der Waals surface area contributed by atoms with E-state index in [4.69, 9.17) is 26.1 Å². The minimum Gasteiger partial charge on any atom is -0.495 e. The van der Waals surface area contributed by atoms with Gasteiger partial charge in [0.1, 0.15) is 34.2 Å². The van der Waals surface area contributed by atoms with Crippen LogP contribution in [0.4, 0.5) is 0 Å². The lowest BCUT2D eigenvalue weighted by Gasteiger charge is -2.29. The molecule has 3 N–H and O–H groups in total. The number of nitrogens with one attached hydrogen (secondary N) is 2. The van der Waals surface area contributed by atoms with Gasteiger partial charge in [-0.15, -0.1) is 0 Å². The second kappa shape index (κ2) is 15.2. The fraction of sp³-hybridized carbons (Fsp3) is 0.474. The van der Waals surface area contributed by atoms with Gasteiger partial charge >= 0.3 is 5.97 Å². The number of pyridine rings is 2. The molecule has 5 atom stereocenters. The number of hydrogen-bond donors (Lipinski definition) is 3. The molecule has 7 rings (SSSR count). The summed E-state index contributed by atoms with van der Waals surface area (Å²) in [6.45, 7) is -0.0573. The van der Waals surface area contributed by atoms with Crippen LogP contribution in [-0.2, 0) is 29.2 Å². The van der Waals surface area contributed by atoms with Crippen molar-refractivity contribution < 1.29 is 42.2 Å². The summed E-state index contributed by atoms with van der Waals surface area (Å²) in [7, 11) is -2.42. The first-order valence-corrected chi connectivity index (χ1v) is 20.1. The Morgan fingerprint density at radius 3 is 2.63 bits per heavy atom. The summed E-state index contributed by atoms with van der Waals surface area (Å²) in [5, 5.41) is 12.8. The molecule has 4 heterocycles. The monoisotopic (exact) mass is 779 g/mol. The number of ether oxygens (including phenoxy) is 2. The van der Waals surface area contributed by atoms with Crippen molar-refractivity contribution in [1.29, 1.82) is 0 Å². The number of rotatable bonds is 9. The Labute approximate surface area is 317 Å². The van der Waals surface area contributed by atoms with Gasteiger partial charge in [0.2, 0.25) is 21.8 Å². The number of carboxylic acid groups (broad SMARTS) is 1. The Morgan fingerprint density at radius 1 is 1.09 bits per heavy atom. The van der Waals surface area contributed by atoms with Crippen LogP contribution in [0.25, 0.3) is 22.3 Å². The van der Waals surface area contributed by atoms with E-state index in [1.165, 1.54) is 12.0 Å². The Morgan fingerprint density at radius 2 is 1.91 bits per heavy atom. The van der Waals surface area contributed by atoms with E-state index in [1.807, 2.05) is 18.2 Å². The number of hydrogen-bond acceptors (Lipinski definition) is 10. The smallest absolute Gasteiger partial charge is 0.304 e.